The molecule has 20 heavy (non-hydrogen) atoms. The van der Waals surface area contributed by atoms with E-state index in [4.69, 9.17) is 0 Å². The van der Waals surface area contributed by atoms with Crippen molar-refractivity contribution in [2.24, 2.45) is 11.3 Å². The topological polar surface area (TPSA) is 20.2 Å². The van der Waals surface area contributed by atoms with Crippen LogP contribution in [-0.4, -0.2) is 11.7 Å². The zero-order chi connectivity index (χ0) is 14.4. The van der Waals surface area contributed by atoms with Gasteiger partial charge in [-0.2, -0.15) is 0 Å². The van der Waals surface area contributed by atoms with Gasteiger partial charge < -0.3 is 5.11 Å². The molecule has 0 bridgehead atoms. The number of halogens is 1. The van der Waals surface area contributed by atoms with Crippen LogP contribution in [0, 0.1) is 17.2 Å². The highest BCUT2D eigenvalue weighted by Gasteiger charge is 2.35. The number of unbranched alkanes of at least 4 members (excludes halogenated alkanes) is 1. The number of hydrogen-bond donors (Lipinski definition) is 1. The predicted octanol–water partition coefficient (Wildman–Crippen LogP) is 4.73. The molecule has 2 rings (SSSR count). The Bertz CT molecular complexity index is 408. The van der Waals surface area contributed by atoms with E-state index in [1.54, 1.807) is 6.07 Å². The molecule has 0 heterocycles. The first-order valence-electron chi connectivity index (χ1n) is 8.03. The Hall–Kier alpha value is -0.890. The standard InChI is InChI=1S/C18H27FO/c1-2-3-6-15-9-11-18(14-20,12-10-15)13-16-7-4-5-8-17(16)19/h4-5,7-8,15,20H,2-3,6,9-14H2,1H3. The molecule has 0 atom stereocenters. The van der Waals surface area contributed by atoms with E-state index in [2.05, 4.69) is 6.92 Å². The Morgan fingerprint density at radius 2 is 1.95 bits per heavy atom. The second kappa shape index (κ2) is 7.21. The zero-order valence-electron chi connectivity index (χ0n) is 12.6. The molecule has 1 fully saturated rings. The fraction of sp³-hybridized carbons (Fsp3) is 0.667. The van der Waals surface area contributed by atoms with Crippen molar-refractivity contribution in [3.05, 3.63) is 35.6 Å². The fourth-order valence-electron chi connectivity index (χ4n) is 3.51. The van der Waals surface area contributed by atoms with Crippen LogP contribution >= 0.6 is 0 Å². The summed E-state index contributed by atoms with van der Waals surface area (Å²) >= 11 is 0. The molecular formula is C18H27FO. The summed E-state index contributed by atoms with van der Waals surface area (Å²) in [5.41, 5.74) is 0.666. The lowest BCUT2D eigenvalue weighted by Crippen LogP contribution is -2.33. The third kappa shape index (κ3) is 3.82. The van der Waals surface area contributed by atoms with Crippen LogP contribution in [0.3, 0.4) is 0 Å². The lowest BCUT2D eigenvalue weighted by Gasteiger charge is -2.39. The van der Waals surface area contributed by atoms with Gasteiger partial charge in [0.1, 0.15) is 5.82 Å². The average molecular weight is 278 g/mol. The monoisotopic (exact) mass is 278 g/mol. The van der Waals surface area contributed by atoms with Crippen LogP contribution in [0.5, 0.6) is 0 Å². The third-order valence-electron chi connectivity index (χ3n) is 4.99. The summed E-state index contributed by atoms with van der Waals surface area (Å²) in [5.74, 6) is 0.684. The molecule has 0 amide bonds. The first-order chi connectivity index (χ1) is 9.69. The van der Waals surface area contributed by atoms with Crippen LogP contribution in [-0.2, 0) is 6.42 Å². The summed E-state index contributed by atoms with van der Waals surface area (Å²) in [7, 11) is 0. The van der Waals surface area contributed by atoms with Crippen LogP contribution in [0.15, 0.2) is 24.3 Å². The van der Waals surface area contributed by atoms with Crippen LogP contribution in [0.4, 0.5) is 4.39 Å². The number of aliphatic hydroxyl groups excluding tert-OH is 1. The van der Waals surface area contributed by atoms with E-state index in [-0.39, 0.29) is 17.8 Å². The van der Waals surface area contributed by atoms with E-state index < -0.39 is 0 Å². The molecule has 0 radical (unpaired) electrons. The molecule has 1 saturated carbocycles. The molecular weight excluding hydrogens is 251 g/mol. The van der Waals surface area contributed by atoms with Crippen LogP contribution in [0.25, 0.3) is 0 Å². The van der Waals surface area contributed by atoms with Gasteiger partial charge in [0.2, 0.25) is 0 Å². The molecule has 0 aliphatic heterocycles. The fourth-order valence-corrected chi connectivity index (χ4v) is 3.51. The first-order valence-corrected chi connectivity index (χ1v) is 8.03. The molecule has 2 heteroatoms. The van der Waals surface area contributed by atoms with Crippen molar-refractivity contribution in [3.63, 3.8) is 0 Å². The molecule has 0 unspecified atom stereocenters. The maximum Gasteiger partial charge on any atom is 0.126 e. The van der Waals surface area contributed by atoms with Gasteiger partial charge in [-0.05, 0) is 55.1 Å². The normalized spacial score (nSPS) is 26.6. The van der Waals surface area contributed by atoms with E-state index in [0.29, 0.717) is 6.42 Å². The summed E-state index contributed by atoms with van der Waals surface area (Å²) in [6, 6.07) is 6.99. The van der Waals surface area contributed by atoms with Gasteiger partial charge in [0.05, 0.1) is 0 Å². The van der Waals surface area contributed by atoms with Crippen LogP contribution in [0.2, 0.25) is 0 Å². The highest BCUT2D eigenvalue weighted by molar-refractivity contribution is 5.19. The van der Waals surface area contributed by atoms with Crippen molar-refractivity contribution >= 4 is 0 Å². The highest BCUT2D eigenvalue weighted by atomic mass is 19.1. The number of rotatable bonds is 6. The summed E-state index contributed by atoms with van der Waals surface area (Å²) in [5, 5.41) is 9.83. The molecule has 0 saturated heterocycles. The van der Waals surface area contributed by atoms with Gasteiger partial charge in [0.15, 0.2) is 0 Å². The quantitative estimate of drug-likeness (QED) is 0.797. The lowest BCUT2D eigenvalue weighted by atomic mass is 9.67. The van der Waals surface area contributed by atoms with E-state index in [1.807, 2.05) is 12.1 Å². The third-order valence-corrected chi connectivity index (χ3v) is 4.99. The van der Waals surface area contributed by atoms with Gasteiger partial charge in [-0.15, -0.1) is 0 Å². The largest absolute Gasteiger partial charge is 0.396 e. The maximum absolute atomic E-state index is 13.8. The molecule has 1 aliphatic rings. The molecule has 0 aromatic heterocycles. The van der Waals surface area contributed by atoms with E-state index in [9.17, 15) is 9.50 Å². The predicted molar refractivity (Wildman–Crippen MR) is 81.1 cm³/mol. The highest BCUT2D eigenvalue weighted by Crippen LogP contribution is 2.42. The van der Waals surface area contributed by atoms with Gasteiger partial charge in [-0.1, -0.05) is 44.4 Å². The number of benzene rings is 1. The number of aliphatic hydroxyl groups is 1. The Balaban J connectivity index is 1.97. The van der Waals surface area contributed by atoms with Crippen molar-refractivity contribution in [2.75, 3.05) is 6.61 Å². The van der Waals surface area contributed by atoms with Crippen LogP contribution < -0.4 is 0 Å². The Morgan fingerprint density at radius 3 is 2.55 bits per heavy atom. The van der Waals surface area contributed by atoms with Gasteiger partial charge in [-0.3, -0.25) is 0 Å². The Labute approximate surface area is 122 Å². The molecule has 112 valence electrons. The lowest BCUT2D eigenvalue weighted by molar-refractivity contribution is 0.0613. The molecule has 1 aromatic carbocycles. The molecule has 1 aliphatic carbocycles. The zero-order valence-corrected chi connectivity index (χ0v) is 12.6. The second-order valence-electron chi connectivity index (χ2n) is 6.51. The van der Waals surface area contributed by atoms with Crippen LogP contribution in [0.1, 0.15) is 57.4 Å². The maximum atomic E-state index is 13.8. The minimum atomic E-state index is -0.131. The van der Waals surface area contributed by atoms with E-state index in [0.717, 1.165) is 24.3 Å². The second-order valence-corrected chi connectivity index (χ2v) is 6.51. The molecule has 1 nitrogen and oxygen atoms in total. The van der Waals surface area contributed by atoms with Gasteiger partial charge >= 0.3 is 0 Å². The first kappa shape index (κ1) is 15.5. The average Bonchev–Trinajstić information content (AvgIpc) is 2.49. The molecule has 1 aromatic rings. The Kier molecular flexibility index (Phi) is 5.59. The summed E-state index contributed by atoms with van der Waals surface area (Å²) < 4.78 is 13.8. The molecule has 0 spiro atoms. The SMILES string of the molecule is CCCCC1CCC(CO)(Cc2ccccc2F)CC1. The van der Waals surface area contributed by atoms with Gasteiger partial charge in [0.25, 0.3) is 0 Å². The minimum Gasteiger partial charge on any atom is -0.396 e. The number of hydrogen-bond acceptors (Lipinski definition) is 1. The van der Waals surface area contributed by atoms with Crippen molar-refractivity contribution in [2.45, 2.75) is 58.3 Å². The van der Waals surface area contributed by atoms with Crippen molar-refractivity contribution in [3.8, 4) is 0 Å². The Morgan fingerprint density at radius 1 is 1.25 bits per heavy atom. The van der Waals surface area contributed by atoms with Gasteiger partial charge in [0, 0.05) is 6.61 Å². The van der Waals surface area contributed by atoms with Crippen molar-refractivity contribution in [1.82, 2.24) is 0 Å². The van der Waals surface area contributed by atoms with Gasteiger partial charge in [-0.25, -0.2) is 4.39 Å². The summed E-state index contributed by atoms with van der Waals surface area (Å²) in [6.45, 7) is 2.42. The summed E-state index contributed by atoms with van der Waals surface area (Å²) in [4.78, 5) is 0. The summed E-state index contributed by atoms with van der Waals surface area (Å²) in [6.07, 6.45) is 9.01. The molecule has 1 N–H and O–H groups in total. The van der Waals surface area contributed by atoms with Crippen molar-refractivity contribution in [1.29, 1.82) is 0 Å². The minimum absolute atomic E-state index is 0.0924. The van der Waals surface area contributed by atoms with E-state index in [1.165, 1.54) is 38.2 Å². The van der Waals surface area contributed by atoms with E-state index >= 15 is 0 Å². The van der Waals surface area contributed by atoms with Crippen molar-refractivity contribution < 1.29 is 9.50 Å². The smallest absolute Gasteiger partial charge is 0.126 e.